The molecule has 0 aliphatic carbocycles. The van der Waals surface area contributed by atoms with E-state index in [9.17, 15) is 0 Å². The van der Waals surface area contributed by atoms with Gasteiger partial charge in [0, 0.05) is 19.7 Å². The normalized spacial score (nSPS) is 4.67. The minimum absolute atomic E-state index is 1.59. The number of hydrogen-bond acceptors (Lipinski definition) is 0. The minimum Gasteiger partial charge on any atom is -0.0759 e. The largest absolute Gasteiger partial charge is 0.0759 e. The van der Waals surface area contributed by atoms with E-state index >= 15 is 0 Å². The molecule has 0 saturated carbocycles. The van der Waals surface area contributed by atoms with Crippen LogP contribution in [0, 0.1) is 11.8 Å². The first-order chi connectivity index (χ1) is 2.91. The lowest BCUT2D eigenvalue weighted by atomic mass is 10.7. The van der Waals surface area contributed by atoms with Crippen molar-refractivity contribution in [2.24, 2.45) is 0 Å². The first-order valence-electron chi connectivity index (χ1n) is 1.40. The Morgan fingerprint density at radius 2 is 1.33 bits per heavy atom. The van der Waals surface area contributed by atoms with Gasteiger partial charge in [0.15, 0.2) is 0 Å². The zero-order valence-corrected chi connectivity index (χ0v) is 5.15. The van der Waals surface area contributed by atoms with E-state index in [2.05, 4.69) is 31.6 Å². The Bertz CT molecular complexity index is 92.5. The van der Waals surface area contributed by atoms with E-state index in [1.807, 2.05) is 0 Å². The van der Waals surface area contributed by atoms with Gasteiger partial charge in [0.2, 0.25) is 0 Å². The summed E-state index contributed by atoms with van der Waals surface area (Å²) >= 11 is 0. The highest BCUT2D eigenvalue weighted by Gasteiger charge is 1.42. The molecule has 0 saturated heterocycles. The molecule has 0 unspecified atom stereocenters. The molecule has 0 fully saturated rings. The molecule has 0 atom stereocenters. The first-order valence-corrected chi connectivity index (χ1v) is 2.56. The summed E-state index contributed by atoms with van der Waals surface area (Å²) in [5.41, 5.74) is 3.19. The Morgan fingerprint density at radius 3 is 1.50 bits per heavy atom. The molecule has 0 amide bonds. The highest BCUT2D eigenvalue weighted by atomic mass is 28.1. The van der Waals surface area contributed by atoms with Crippen LogP contribution in [0.1, 0.15) is 0 Å². The van der Waals surface area contributed by atoms with Crippen LogP contribution in [0.2, 0.25) is 0 Å². The minimum atomic E-state index is 1.59. The molecule has 4 radical (unpaired) electrons. The van der Waals surface area contributed by atoms with Crippen LogP contribution in [-0.2, 0) is 0 Å². The maximum Gasteiger partial charge on any atom is 0.0418 e. The molecule has 0 aromatic carbocycles. The summed E-state index contributed by atoms with van der Waals surface area (Å²) in [4.78, 5) is 0. The van der Waals surface area contributed by atoms with Gasteiger partial charge >= 0.3 is 0 Å². The second-order valence-corrected chi connectivity index (χ2v) is 1.15. The molecule has 26 valence electrons. The third-order valence-corrected chi connectivity index (χ3v) is 0.516. The van der Waals surface area contributed by atoms with Crippen LogP contribution in [0.15, 0.2) is 0 Å². The van der Waals surface area contributed by atoms with Gasteiger partial charge < -0.3 is 0 Å². The standard InChI is InChI=1S/C4H2Si2/c5-3-1-2-4-6/h3-4H. The van der Waals surface area contributed by atoms with E-state index in [4.69, 9.17) is 0 Å². The predicted molar refractivity (Wildman–Crippen MR) is 31.4 cm³/mol. The highest BCUT2D eigenvalue weighted by molar-refractivity contribution is 6.36. The fraction of sp³-hybridized carbons (Fsp3) is 0. The summed E-state index contributed by atoms with van der Waals surface area (Å²) in [6.45, 7) is 0. The lowest BCUT2D eigenvalue weighted by Gasteiger charge is -1.51. The van der Waals surface area contributed by atoms with Crippen molar-refractivity contribution in [2.75, 3.05) is 0 Å². The highest BCUT2D eigenvalue weighted by Crippen LogP contribution is 1.34. The summed E-state index contributed by atoms with van der Waals surface area (Å²) < 4.78 is 0. The van der Waals surface area contributed by atoms with E-state index < -0.39 is 0 Å². The molecule has 6 heavy (non-hydrogen) atoms. The van der Waals surface area contributed by atoms with Gasteiger partial charge in [-0.05, 0) is 11.3 Å². The van der Waals surface area contributed by atoms with Gasteiger partial charge in [-0.2, -0.15) is 0 Å². The fourth-order valence-electron chi connectivity index (χ4n) is 0.0833. The van der Waals surface area contributed by atoms with Crippen LogP contribution < -0.4 is 0 Å². The van der Waals surface area contributed by atoms with Gasteiger partial charge in [-0.15, -0.1) is 0 Å². The summed E-state index contributed by atoms with van der Waals surface area (Å²) in [5.74, 6) is 5.26. The molecular formula is C4H2Si2. The van der Waals surface area contributed by atoms with Crippen molar-refractivity contribution in [2.45, 2.75) is 0 Å². The van der Waals surface area contributed by atoms with Crippen molar-refractivity contribution in [3.8, 4) is 11.8 Å². The van der Waals surface area contributed by atoms with Crippen molar-refractivity contribution in [1.82, 2.24) is 0 Å². The van der Waals surface area contributed by atoms with Crippen LogP contribution in [0.3, 0.4) is 0 Å². The van der Waals surface area contributed by atoms with Gasteiger partial charge in [0.05, 0.1) is 0 Å². The fourth-order valence-corrected chi connectivity index (χ4v) is 0.250. The Morgan fingerprint density at radius 1 is 1.00 bits per heavy atom. The van der Waals surface area contributed by atoms with Gasteiger partial charge in [-0.25, -0.2) is 0 Å². The third-order valence-electron chi connectivity index (χ3n) is 0.228. The van der Waals surface area contributed by atoms with E-state index in [0.29, 0.717) is 0 Å². The smallest absolute Gasteiger partial charge is 0.0418 e. The molecule has 0 aliphatic rings. The molecule has 0 nitrogen and oxygen atoms in total. The molecule has 0 bridgehead atoms. The molecule has 0 aromatic heterocycles. The zero-order valence-electron chi connectivity index (χ0n) is 3.15. The van der Waals surface area contributed by atoms with Crippen LogP contribution >= 0.6 is 0 Å². The summed E-state index contributed by atoms with van der Waals surface area (Å²) in [6, 6.07) is 0. The molecule has 0 rings (SSSR count). The average molecular weight is 106 g/mol. The summed E-state index contributed by atoms with van der Waals surface area (Å²) in [7, 11) is 6.10. The topological polar surface area (TPSA) is 0 Å². The molecule has 0 aromatic rings. The van der Waals surface area contributed by atoms with Crippen molar-refractivity contribution in [3.63, 3.8) is 0 Å². The van der Waals surface area contributed by atoms with Gasteiger partial charge in [0.25, 0.3) is 0 Å². The van der Waals surface area contributed by atoms with Crippen molar-refractivity contribution >= 4 is 31.1 Å². The maximum atomic E-state index is 3.05. The second kappa shape index (κ2) is 4.73. The zero-order chi connectivity index (χ0) is 4.83. The van der Waals surface area contributed by atoms with Crippen LogP contribution in [0.4, 0.5) is 0 Å². The SMILES string of the molecule is [Si]=CC#CC=[Si]. The Balaban J connectivity index is 3.39. The molecule has 0 N–H and O–H groups in total. The van der Waals surface area contributed by atoms with Crippen LogP contribution in [0.5, 0.6) is 0 Å². The molecule has 0 spiro atoms. The van der Waals surface area contributed by atoms with Gasteiger partial charge in [-0.1, -0.05) is 11.8 Å². The Hall–Kier alpha value is -0.266. The van der Waals surface area contributed by atoms with Crippen molar-refractivity contribution in [1.29, 1.82) is 0 Å². The van der Waals surface area contributed by atoms with E-state index in [0.717, 1.165) is 0 Å². The summed E-state index contributed by atoms with van der Waals surface area (Å²) in [6.07, 6.45) is 0. The Kier molecular flexibility index (Phi) is 4.52. The average Bonchev–Trinajstić information content (AvgIpc) is 1.61. The van der Waals surface area contributed by atoms with Crippen LogP contribution in [0.25, 0.3) is 0 Å². The van der Waals surface area contributed by atoms with Gasteiger partial charge in [0.1, 0.15) is 0 Å². The third kappa shape index (κ3) is 3.73. The van der Waals surface area contributed by atoms with Crippen molar-refractivity contribution in [3.05, 3.63) is 0 Å². The Labute approximate surface area is 43.7 Å². The van der Waals surface area contributed by atoms with E-state index in [-0.39, 0.29) is 0 Å². The second-order valence-electron chi connectivity index (χ2n) is 0.577. The first kappa shape index (κ1) is 5.73. The van der Waals surface area contributed by atoms with Gasteiger partial charge in [-0.3, -0.25) is 0 Å². The number of hydrogen-bond donors (Lipinski definition) is 0. The summed E-state index contributed by atoms with van der Waals surface area (Å²) in [5, 5.41) is 0. The predicted octanol–water partition coefficient (Wildman–Crippen LogP) is -1.07. The molecule has 0 aliphatic heterocycles. The van der Waals surface area contributed by atoms with E-state index in [1.165, 1.54) is 0 Å². The lowest BCUT2D eigenvalue weighted by molar-refractivity contribution is 2.82. The molecule has 2 heteroatoms. The van der Waals surface area contributed by atoms with Crippen molar-refractivity contribution < 1.29 is 0 Å². The molecule has 0 heterocycles. The number of rotatable bonds is 0. The maximum absolute atomic E-state index is 3.05. The van der Waals surface area contributed by atoms with E-state index in [1.54, 1.807) is 11.3 Å². The molecular weight excluding hydrogens is 104 g/mol. The quantitative estimate of drug-likeness (QED) is 0.272. The lowest BCUT2D eigenvalue weighted by Crippen LogP contribution is -1.63. The monoisotopic (exact) mass is 106 g/mol. The van der Waals surface area contributed by atoms with Crippen LogP contribution in [-0.4, -0.2) is 31.1 Å².